The summed E-state index contributed by atoms with van der Waals surface area (Å²) in [5.74, 6) is 0.693. The Hall–Kier alpha value is -1.16. The molecule has 76 valence electrons. The third kappa shape index (κ3) is 2.01. The first kappa shape index (κ1) is 9.40. The molecule has 1 aromatic rings. The van der Waals surface area contributed by atoms with Gasteiger partial charge in [-0.3, -0.25) is 0 Å². The molecule has 1 aromatic heterocycles. The number of nitrogens with one attached hydrogen (secondary N) is 1. The van der Waals surface area contributed by atoms with Crippen molar-refractivity contribution in [3.63, 3.8) is 0 Å². The molecule has 4 nitrogen and oxygen atoms in total. The molecule has 0 unspecified atom stereocenters. The van der Waals surface area contributed by atoms with Gasteiger partial charge in [-0.2, -0.15) is 0 Å². The molecular formula is C10H15N3O. The second kappa shape index (κ2) is 3.92. The van der Waals surface area contributed by atoms with E-state index in [0.717, 1.165) is 18.6 Å². The van der Waals surface area contributed by atoms with Crippen molar-refractivity contribution in [1.29, 1.82) is 0 Å². The van der Waals surface area contributed by atoms with Crippen LogP contribution in [0.2, 0.25) is 0 Å². The van der Waals surface area contributed by atoms with E-state index in [-0.39, 0.29) is 6.10 Å². The Balaban J connectivity index is 2.00. The van der Waals surface area contributed by atoms with Crippen LogP contribution in [0.1, 0.15) is 18.9 Å². The van der Waals surface area contributed by atoms with E-state index in [9.17, 15) is 0 Å². The van der Waals surface area contributed by atoms with Gasteiger partial charge in [0.15, 0.2) is 0 Å². The zero-order valence-corrected chi connectivity index (χ0v) is 8.53. The predicted molar refractivity (Wildman–Crippen MR) is 54.2 cm³/mol. The molecule has 1 N–H and O–H groups in total. The number of aryl methyl sites for hydroxylation is 1. The normalized spacial score (nSPS) is 26.4. The van der Waals surface area contributed by atoms with Crippen LogP contribution in [0, 0.1) is 6.92 Å². The fraction of sp³-hybridized carbons (Fsp3) is 0.600. The largest absolute Gasteiger partial charge is 0.376 e. The Labute approximate surface area is 83.7 Å². The highest BCUT2D eigenvalue weighted by Gasteiger charge is 2.24. The van der Waals surface area contributed by atoms with Crippen molar-refractivity contribution in [2.45, 2.75) is 32.4 Å². The van der Waals surface area contributed by atoms with Gasteiger partial charge in [-0.05, 0) is 25.8 Å². The lowest BCUT2D eigenvalue weighted by Crippen LogP contribution is -2.27. The zero-order valence-electron chi connectivity index (χ0n) is 8.53. The Bertz CT molecular complexity index is 299. The Morgan fingerprint density at radius 1 is 1.43 bits per heavy atom. The summed E-state index contributed by atoms with van der Waals surface area (Å²) < 4.78 is 5.44. The average molecular weight is 193 g/mol. The Kier molecular flexibility index (Phi) is 2.63. The highest BCUT2D eigenvalue weighted by molar-refractivity contribution is 5.26. The van der Waals surface area contributed by atoms with Gasteiger partial charge >= 0.3 is 0 Å². The molecule has 0 bridgehead atoms. The molecule has 1 aliphatic rings. The highest BCUT2D eigenvalue weighted by Crippen LogP contribution is 2.16. The summed E-state index contributed by atoms with van der Waals surface area (Å²) >= 11 is 0. The number of ether oxygens (including phenoxy) is 1. The van der Waals surface area contributed by atoms with Crippen LogP contribution < -0.4 is 5.32 Å². The van der Waals surface area contributed by atoms with Gasteiger partial charge in [-0.1, -0.05) is 0 Å². The van der Waals surface area contributed by atoms with Gasteiger partial charge in [-0.25, -0.2) is 9.97 Å². The lowest BCUT2D eigenvalue weighted by molar-refractivity contribution is 0.121. The van der Waals surface area contributed by atoms with Gasteiger partial charge in [0.25, 0.3) is 0 Å². The van der Waals surface area contributed by atoms with Gasteiger partial charge in [0.2, 0.25) is 5.95 Å². The fourth-order valence-corrected chi connectivity index (χ4v) is 1.55. The van der Waals surface area contributed by atoms with Crippen molar-refractivity contribution in [2.75, 3.05) is 11.9 Å². The van der Waals surface area contributed by atoms with E-state index in [4.69, 9.17) is 4.74 Å². The van der Waals surface area contributed by atoms with Crippen LogP contribution >= 0.6 is 0 Å². The number of nitrogens with zero attached hydrogens (tertiary/aromatic N) is 2. The van der Waals surface area contributed by atoms with Crippen molar-refractivity contribution in [1.82, 2.24) is 9.97 Å². The minimum atomic E-state index is 0.250. The maximum absolute atomic E-state index is 5.44. The standard InChI is InChI=1S/C10H15N3O/c1-7-5-11-10(12-6-7)13-9-3-4-14-8(9)2/h5-6,8-9H,3-4H2,1-2H3,(H,11,12,13)/t8-,9-/m1/s1. The molecule has 14 heavy (non-hydrogen) atoms. The van der Waals surface area contributed by atoms with E-state index in [1.807, 2.05) is 19.3 Å². The van der Waals surface area contributed by atoms with Crippen LogP contribution in [0.5, 0.6) is 0 Å². The van der Waals surface area contributed by atoms with Gasteiger partial charge in [-0.15, -0.1) is 0 Å². The van der Waals surface area contributed by atoms with Gasteiger partial charge in [0, 0.05) is 19.0 Å². The Morgan fingerprint density at radius 2 is 2.14 bits per heavy atom. The van der Waals surface area contributed by atoms with Crippen LogP contribution in [-0.2, 0) is 4.74 Å². The number of aromatic nitrogens is 2. The van der Waals surface area contributed by atoms with E-state index >= 15 is 0 Å². The smallest absolute Gasteiger partial charge is 0.222 e. The molecule has 2 rings (SSSR count). The minimum absolute atomic E-state index is 0.250. The summed E-state index contributed by atoms with van der Waals surface area (Å²) in [6.45, 7) is 4.87. The number of rotatable bonds is 2. The second-order valence-electron chi connectivity index (χ2n) is 3.70. The van der Waals surface area contributed by atoms with E-state index in [2.05, 4.69) is 22.2 Å². The maximum atomic E-state index is 5.44. The van der Waals surface area contributed by atoms with Crippen LogP contribution in [0.3, 0.4) is 0 Å². The molecule has 0 aliphatic carbocycles. The third-order valence-electron chi connectivity index (χ3n) is 2.47. The average Bonchev–Trinajstić information content (AvgIpc) is 2.56. The fourth-order valence-electron chi connectivity index (χ4n) is 1.55. The van der Waals surface area contributed by atoms with Crippen LogP contribution in [0.15, 0.2) is 12.4 Å². The molecule has 1 fully saturated rings. The van der Waals surface area contributed by atoms with Gasteiger partial charge in [0.1, 0.15) is 0 Å². The Morgan fingerprint density at radius 3 is 2.71 bits per heavy atom. The molecule has 0 aromatic carbocycles. The third-order valence-corrected chi connectivity index (χ3v) is 2.47. The SMILES string of the molecule is Cc1cnc(N[C@@H]2CCO[C@@H]2C)nc1. The molecule has 0 spiro atoms. The lowest BCUT2D eigenvalue weighted by Gasteiger charge is -2.15. The zero-order chi connectivity index (χ0) is 9.97. The van der Waals surface area contributed by atoms with Crippen LogP contribution in [0.25, 0.3) is 0 Å². The number of hydrogen-bond donors (Lipinski definition) is 1. The summed E-state index contributed by atoms with van der Waals surface area (Å²) in [4.78, 5) is 8.40. The first-order valence-corrected chi connectivity index (χ1v) is 4.92. The molecule has 1 aliphatic heterocycles. The number of hydrogen-bond acceptors (Lipinski definition) is 4. The highest BCUT2D eigenvalue weighted by atomic mass is 16.5. The van der Waals surface area contributed by atoms with E-state index in [0.29, 0.717) is 12.0 Å². The van der Waals surface area contributed by atoms with Crippen LogP contribution in [0.4, 0.5) is 5.95 Å². The molecular weight excluding hydrogens is 178 g/mol. The molecule has 0 amide bonds. The van der Waals surface area contributed by atoms with E-state index in [1.54, 1.807) is 0 Å². The second-order valence-corrected chi connectivity index (χ2v) is 3.70. The van der Waals surface area contributed by atoms with Gasteiger partial charge in [0.05, 0.1) is 12.1 Å². The summed E-state index contributed by atoms with van der Waals surface area (Å²) in [7, 11) is 0. The molecule has 1 saturated heterocycles. The maximum Gasteiger partial charge on any atom is 0.222 e. The summed E-state index contributed by atoms with van der Waals surface area (Å²) in [5, 5.41) is 3.27. The topological polar surface area (TPSA) is 47.0 Å². The van der Waals surface area contributed by atoms with E-state index in [1.165, 1.54) is 0 Å². The summed E-state index contributed by atoms with van der Waals surface area (Å²) in [5.41, 5.74) is 1.08. The first-order valence-electron chi connectivity index (χ1n) is 4.92. The van der Waals surface area contributed by atoms with Crippen LogP contribution in [-0.4, -0.2) is 28.7 Å². The van der Waals surface area contributed by atoms with Crippen molar-refractivity contribution < 1.29 is 4.74 Å². The van der Waals surface area contributed by atoms with Crippen molar-refractivity contribution in [3.05, 3.63) is 18.0 Å². The summed E-state index contributed by atoms with van der Waals surface area (Å²) in [6.07, 6.45) is 4.91. The first-order chi connectivity index (χ1) is 6.75. The molecule has 0 saturated carbocycles. The molecule has 2 atom stereocenters. The minimum Gasteiger partial charge on any atom is -0.376 e. The van der Waals surface area contributed by atoms with E-state index < -0.39 is 0 Å². The molecule has 4 heteroatoms. The predicted octanol–water partition coefficient (Wildman–Crippen LogP) is 1.37. The van der Waals surface area contributed by atoms with Gasteiger partial charge < -0.3 is 10.1 Å². The lowest BCUT2D eigenvalue weighted by atomic mass is 10.2. The number of anilines is 1. The molecule has 2 heterocycles. The monoisotopic (exact) mass is 193 g/mol. The van der Waals surface area contributed by atoms with Crippen molar-refractivity contribution in [3.8, 4) is 0 Å². The summed E-state index contributed by atoms with van der Waals surface area (Å²) in [6, 6.07) is 0.345. The molecule has 0 radical (unpaired) electrons. The van der Waals surface area contributed by atoms with Crippen molar-refractivity contribution >= 4 is 5.95 Å². The quantitative estimate of drug-likeness (QED) is 0.770. The van der Waals surface area contributed by atoms with Crippen molar-refractivity contribution in [2.24, 2.45) is 0 Å².